The molecule has 2 saturated heterocycles. The van der Waals surface area contributed by atoms with Crippen LogP contribution in [0.3, 0.4) is 0 Å². The number of ether oxygens (including phenoxy) is 3. The van der Waals surface area contributed by atoms with Crippen LogP contribution in [0.1, 0.15) is 19.3 Å². The second kappa shape index (κ2) is 8.02. The van der Waals surface area contributed by atoms with Crippen molar-refractivity contribution in [1.82, 2.24) is 0 Å². The van der Waals surface area contributed by atoms with Crippen LogP contribution in [-0.2, 0) is 19.0 Å². The molecular formula is C14H21IO7. The van der Waals surface area contributed by atoms with Crippen molar-refractivity contribution in [3.8, 4) is 0 Å². The molecule has 0 aliphatic carbocycles. The van der Waals surface area contributed by atoms with Crippen molar-refractivity contribution in [2.75, 3.05) is 7.11 Å². The average molecular weight is 428 g/mol. The number of halogens is 1. The maximum atomic E-state index is 11.3. The van der Waals surface area contributed by atoms with Gasteiger partial charge in [0.2, 0.25) is 0 Å². The van der Waals surface area contributed by atoms with E-state index in [1.54, 1.807) is 4.08 Å². The zero-order valence-electron chi connectivity index (χ0n) is 12.2. The highest BCUT2D eigenvalue weighted by Gasteiger charge is 2.49. The molecule has 8 heteroatoms. The fourth-order valence-electron chi connectivity index (χ4n) is 2.90. The van der Waals surface area contributed by atoms with Crippen LogP contribution in [0.4, 0.5) is 0 Å². The largest absolute Gasteiger partial charge is 0.469 e. The maximum absolute atomic E-state index is 11.3. The summed E-state index contributed by atoms with van der Waals surface area (Å²) in [5.74, 6) is -0.379. The molecule has 0 aromatic heterocycles. The van der Waals surface area contributed by atoms with E-state index >= 15 is 0 Å². The van der Waals surface area contributed by atoms with E-state index in [4.69, 9.17) is 9.47 Å². The molecule has 3 N–H and O–H groups in total. The highest BCUT2D eigenvalue weighted by atomic mass is 127. The zero-order valence-corrected chi connectivity index (χ0v) is 14.3. The van der Waals surface area contributed by atoms with E-state index in [1.807, 2.05) is 22.6 Å². The molecule has 2 aliphatic rings. The Balaban J connectivity index is 2.02. The van der Waals surface area contributed by atoms with Crippen LogP contribution in [0, 0.1) is 0 Å². The number of fused-ring (bicyclic) bond motifs is 1. The number of hydrogen-bond acceptors (Lipinski definition) is 7. The molecule has 0 amide bonds. The van der Waals surface area contributed by atoms with E-state index in [-0.39, 0.29) is 18.5 Å². The Morgan fingerprint density at radius 1 is 1.36 bits per heavy atom. The van der Waals surface area contributed by atoms with Crippen molar-refractivity contribution < 1.29 is 34.3 Å². The summed E-state index contributed by atoms with van der Waals surface area (Å²) in [5, 5.41) is 30.4. The quantitative estimate of drug-likeness (QED) is 0.424. The Labute approximate surface area is 142 Å². The molecule has 22 heavy (non-hydrogen) atoms. The number of rotatable bonds is 4. The Morgan fingerprint density at radius 2 is 2.09 bits per heavy atom. The Hall–Kier alpha value is -0.260. The van der Waals surface area contributed by atoms with Gasteiger partial charge in [-0.2, -0.15) is 0 Å². The van der Waals surface area contributed by atoms with Gasteiger partial charge >= 0.3 is 5.97 Å². The summed E-state index contributed by atoms with van der Waals surface area (Å²) in [6, 6.07) is 0. The molecule has 0 aromatic rings. The van der Waals surface area contributed by atoms with Crippen molar-refractivity contribution in [3.05, 3.63) is 10.2 Å². The minimum atomic E-state index is -1.26. The smallest absolute Gasteiger partial charge is 0.308 e. The molecule has 0 saturated carbocycles. The average Bonchev–Trinajstić information content (AvgIpc) is 2.51. The summed E-state index contributed by atoms with van der Waals surface area (Å²) in [6.07, 6.45) is -3.09. The van der Waals surface area contributed by atoms with Crippen LogP contribution in [0.5, 0.6) is 0 Å². The van der Waals surface area contributed by atoms with Crippen LogP contribution in [0.15, 0.2) is 10.2 Å². The Kier molecular flexibility index (Phi) is 6.59. The van der Waals surface area contributed by atoms with Gasteiger partial charge in [-0.3, -0.25) is 4.79 Å². The van der Waals surface area contributed by atoms with E-state index in [2.05, 4.69) is 4.74 Å². The highest BCUT2D eigenvalue weighted by molar-refractivity contribution is 14.1. The second-order valence-corrected chi connectivity index (χ2v) is 6.23. The van der Waals surface area contributed by atoms with E-state index < -0.39 is 36.6 Å². The fourth-order valence-corrected chi connectivity index (χ4v) is 3.32. The van der Waals surface area contributed by atoms with Crippen molar-refractivity contribution in [2.45, 2.75) is 62.0 Å². The van der Waals surface area contributed by atoms with Crippen LogP contribution >= 0.6 is 22.6 Å². The SMILES string of the molecule is COC(=O)C[C@H]1CC[C@@H]2O[C@@H]([C@@H](O)/C=C/I)C(O)[C@@H](O)[C@H]2O1. The third-order valence-corrected chi connectivity index (χ3v) is 4.49. The first-order valence-electron chi connectivity index (χ1n) is 7.16. The lowest BCUT2D eigenvalue weighted by atomic mass is 9.87. The number of methoxy groups -OCH3 is 1. The van der Waals surface area contributed by atoms with Crippen LogP contribution < -0.4 is 0 Å². The molecule has 0 radical (unpaired) electrons. The van der Waals surface area contributed by atoms with E-state index in [1.165, 1.54) is 13.2 Å². The van der Waals surface area contributed by atoms with Gasteiger partial charge in [-0.25, -0.2) is 0 Å². The van der Waals surface area contributed by atoms with Gasteiger partial charge in [0, 0.05) is 0 Å². The molecule has 0 bridgehead atoms. The minimum absolute atomic E-state index is 0.103. The summed E-state index contributed by atoms with van der Waals surface area (Å²) in [5.41, 5.74) is 0. The van der Waals surface area contributed by atoms with Gasteiger partial charge in [0.05, 0.1) is 25.7 Å². The third-order valence-electron chi connectivity index (χ3n) is 4.07. The summed E-state index contributed by atoms with van der Waals surface area (Å²) >= 11 is 1.96. The van der Waals surface area contributed by atoms with E-state index in [0.717, 1.165) is 0 Å². The van der Waals surface area contributed by atoms with Crippen LogP contribution in [0.25, 0.3) is 0 Å². The van der Waals surface area contributed by atoms with Crippen LogP contribution in [-0.4, -0.2) is 71.1 Å². The first-order chi connectivity index (χ1) is 10.5. The zero-order chi connectivity index (χ0) is 16.3. The standard InChI is InChI=1S/C14H21IO7/c1-20-10(17)6-7-2-3-9-14(21-7)12(19)11(18)13(22-9)8(16)4-5-15/h4-5,7-9,11-14,16,18-19H,2-3,6H2,1H3/b5-4+/t7-,8+,9+,11?,12-,13+,14+/m1/s1. The number of carbonyl (C=O) groups excluding carboxylic acids is 1. The lowest BCUT2D eigenvalue weighted by Gasteiger charge is -2.47. The van der Waals surface area contributed by atoms with Gasteiger partial charge in [-0.05, 0) is 23.0 Å². The predicted octanol–water partition coefficient (Wildman–Crippen LogP) is -0.104. The summed E-state index contributed by atoms with van der Waals surface area (Å²) in [4.78, 5) is 11.3. The van der Waals surface area contributed by atoms with Gasteiger partial charge in [-0.1, -0.05) is 22.6 Å². The molecule has 2 fully saturated rings. The molecule has 126 valence electrons. The molecule has 1 unspecified atom stereocenters. The van der Waals surface area contributed by atoms with Crippen molar-refractivity contribution in [1.29, 1.82) is 0 Å². The minimum Gasteiger partial charge on any atom is -0.469 e. The lowest BCUT2D eigenvalue weighted by Crippen LogP contribution is -2.63. The van der Waals surface area contributed by atoms with E-state index in [9.17, 15) is 20.1 Å². The molecule has 7 atom stereocenters. The highest BCUT2D eigenvalue weighted by Crippen LogP contribution is 2.34. The summed E-state index contributed by atoms with van der Waals surface area (Å²) < 4.78 is 17.6. The van der Waals surface area contributed by atoms with Crippen molar-refractivity contribution >= 4 is 28.6 Å². The summed E-state index contributed by atoms with van der Waals surface area (Å²) in [6.45, 7) is 0. The van der Waals surface area contributed by atoms with Crippen molar-refractivity contribution in [3.63, 3.8) is 0 Å². The number of aliphatic hydroxyl groups is 3. The maximum Gasteiger partial charge on any atom is 0.308 e. The Bertz CT molecular complexity index is 414. The molecular weight excluding hydrogens is 407 g/mol. The predicted molar refractivity (Wildman–Crippen MR) is 84.4 cm³/mol. The van der Waals surface area contributed by atoms with Crippen LogP contribution in [0.2, 0.25) is 0 Å². The summed E-state index contributed by atoms with van der Waals surface area (Å²) in [7, 11) is 1.31. The van der Waals surface area contributed by atoms with Gasteiger partial charge in [-0.15, -0.1) is 0 Å². The topological polar surface area (TPSA) is 105 Å². The molecule has 2 heterocycles. The van der Waals surface area contributed by atoms with E-state index in [0.29, 0.717) is 12.8 Å². The first-order valence-corrected chi connectivity index (χ1v) is 8.41. The number of esters is 1. The fraction of sp³-hybridized carbons (Fsp3) is 0.786. The lowest BCUT2D eigenvalue weighted by molar-refractivity contribution is -0.274. The number of aliphatic hydroxyl groups excluding tert-OH is 3. The molecule has 2 aliphatic heterocycles. The first kappa shape index (κ1) is 18.1. The molecule has 0 spiro atoms. The van der Waals surface area contributed by atoms with Gasteiger partial charge < -0.3 is 29.5 Å². The van der Waals surface area contributed by atoms with Gasteiger partial charge in [0.25, 0.3) is 0 Å². The third kappa shape index (κ3) is 3.98. The number of hydrogen-bond donors (Lipinski definition) is 3. The monoisotopic (exact) mass is 428 g/mol. The van der Waals surface area contributed by atoms with Gasteiger partial charge in [0.1, 0.15) is 30.5 Å². The van der Waals surface area contributed by atoms with Gasteiger partial charge in [0.15, 0.2) is 0 Å². The normalized spacial score (nSPS) is 40.2. The molecule has 2 rings (SSSR count). The second-order valence-electron chi connectivity index (χ2n) is 5.51. The molecule has 7 nitrogen and oxygen atoms in total. The van der Waals surface area contributed by atoms with Crippen molar-refractivity contribution in [2.24, 2.45) is 0 Å². The molecule has 0 aromatic carbocycles. The number of carbonyl (C=O) groups is 1. The Morgan fingerprint density at radius 3 is 2.73 bits per heavy atom.